The van der Waals surface area contributed by atoms with Crippen LogP contribution < -0.4 is 5.32 Å². The van der Waals surface area contributed by atoms with E-state index in [1.807, 2.05) is 14.1 Å². The van der Waals surface area contributed by atoms with E-state index in [4.69, 9.17) is 5.11 Å². The van der Waals surface area contributed by atoms with Crippen LogP contribution in [-0.2, 0) is 4.79 Å². The number of rotatable bonds is 10. The van der Waals surface area contributed by atoms with E-state index in [-0.39, 0.29) is 12.6 Å². The lowest BCUT2D eigenvalue weighted by molar-refractivity contribution is -0.909. The van der Waals surface area contributed by atoms with Gasteiger partial charge in [0.1, 0.15) is 0 Å². The second kappa shape index (κ2) is 9.42. The summed E-state index contributed by atoms with van der Waals surface area (Å²) in [5, 5.41) is 12.0. The molecule has 0 aliphatic heterocycles. The van der Waals surface area contributed by atoms with Crippen molar-refractivity contribution in [1.82, 2.24) is 5.32 Å². The summed E-state index contributed by atoms with van der Waals surface area (Å²) in [5.41, 5.74) is 0. The molecule has 0 spiro atoms. The maximum absolute atomic E-state index is 11.4. The van der Waals surface area contributed by atoms with Gasteiger partial charge in [-0.1, -0.05) is 13.3 Å². The molecule has 0 saturated carbocycles. The highest BCUT2D eigenvalue weighted by Gasteiger charge is 2.11. The van der Waals surface area contributed by atoms with Crippen LogP contribution in [0.25, 0.3) is 0 Å². The monoisotopic (exact) mass is 245 g/mol. The molecule has 1 amide bonds. The number of carbonyl (C=O) groups excluding carboxylic acids is 1. The molecule has 4 nitrogen and oxygen atoms in total. The summed E-state index contributed by atoms with van der Waals surface area (Å²) >= 11 is 0. The second-order valence-electron chi connectivity index (χ2n) is 5.31. The fourth-order valence-electron chi connectivity index (χ4n) is 1.57. The fourth-order valence-corrected chi connectivity index (χ4v) is 1.57. The first-order valence-electron chi connectivity index (χ1n) is 6.71. The molecule has 0 bridgehead atoms. The molecule has 0 saturated heterocycles. The Bertz CT molecular complexity index is 206. The third-order valence-electron chi connectivity index (χ3n) is 2.90. The van der Waals surface area contributed by atoms with Gasteiger partial charge in [-0.2, -0.15) is 0 Å². The molecule has 0 aromatic rings. The predicted octanol–water partition coefficient (Wildman–Crippen LogP) is 1.49. The molecule has 102 valence electrons. The van der Waals surface area contributed by atoms with Gasteiger partial charge in [-0.25, -0.2) is 0 Å². The summed E-state index contributed by atoms with van der Waals surface area (Å²) in [5.74, 6) is 0.175. The van der Waals surface area contributed by atoms with Crippen molar-refractivity contribution in [3.05, 3.63) is 0 Å². The standard InChI is InChI=1S/C13H28N2O2/c1-4-5-10-14-13(17)9-7-6-8-11-15(2,3)12-16/h16H,4-12H2,1-3H3/p+1. The SMILES string of the molecule is CCCCNC(=O)CCCCC[N+](C)(C)CO. The van der Waals surface area contributed by atoms with Crippen LogP contribution in [0.2, 0.25) is 0 Å². The van der Waals surface area contributed by atoms with Crippen LogP contribution in [-0.4, -0.2) is 49.4 Å². The zero-order chi connectivity index (χ0) is 13.1. The van der Waals surface area contributed by atoms with E-state index in [1.54, 1.807) is 0 Å². The summed E-state index contributed by atoms with van der Waals surface area (Å²) in [6.07, 6.45) is 5.89. The Kier molecular flexibility index (Phi) is 9.09. The molecule has 0 aromatic heterocycles. The number of unbranched alkanes of at least 4 members (excludes halogenated alkanes) is 3. The van der Waals surface area contributed by atoms with Crippen molar-refractivity contribution in [2.45, 2.75) is 45.4 Å². The van der Waals surface area contributed by atoms with Crippen LogP contribution in [0, 0.1) is 0 Å². The number of aliphatic hydroxyl groups excluding tert-OH is 1. The van der Waals surface area contributed by atoms with Crippen LogP contribution in [0.15, 0.2) is 0 Å². The van der Waals surface area contributed by atoms with Gasteiger partial charge in [0.25, 0.3) is 0 Å². The molecular formula is C13H29N2O2+. The molecule has 0 unspecified atom stereocenters. The van der Waals surface area contributed by atoms with Crippen LogP contribution in [0.1, 0.15) is 45.4 Å². The summed E-state index contributed by atoms with van der Waals surface area (Å²) in [6.45, 7) is 4.07. The molecule has 2 N–H and O–H groups in total. The highest BCUT2D eigenvalue weighted by atomic mass is 16.3. The van der Waals surface area contributed by atoms with Crippen molar-refractivity contribution in [2.24, 2.45) is 0 Å². The van der Waals surface area contributed by atoms with E-state index >= 15 is 0 Å². The molecule has 4 heteroatoms. The summed E-state index contributed by atoms with van der Waals surface area (Å²) in [6, 6.07) is 0. The average molecular weight is 245 g/mol. The lowest BCUT2D eigenvalue weighted by Gasteiger charge is -2.26. The number of carbonyl (C=O) groups is 1. The molecule has 17 heavy (non-hydrogen) atoms. The number of nitrogens with zero attached hydrogens (tertiary/aromatic N) is 1. The highest BCUT2D eigenvalue weighted by molar-refractivity contribution is 5.75. The van der Waals surface area contributed by atoms with E-state index < -0.39 is 0 Å². The first-order chi connectivity index (χ1) is 8.02. The van der Waals surface area contributed by atoms with Gasteiger partial charge in [0, 0.05) is 13.0 Å². The molecule has 0 aromatic carbocycles. The Morgan fingerprint density at radius 3 is 2.47 bits per heavy atom. The number of hydrogen-bond acceptors (Lipinski definition) is 2. The Labute approximate surface area is 106 Å². The summed E-state index contributed by atoms with van der Waals surface area (Å²) in [7, 11) is 4.02. The quantitative estimate of drug-likeness (QED) is 0.348. The molecule has 0 fully saturated rings. The topological polar surface area (TPSA) is 49.3 Å². The number of quaternary nitrogens is 1. The molecule has 0 aliphatic rings. The third-order valence-corrected chi connectivity index (χ3v) is 2.90. The van der Waals surface area contributed by atoms with Gasteiger partial charge in [0.2, 0.25) is 5.91 Å². The van der Waals surface area contributed by atoms with E-state index in [0.717, 1.165) is 45.2 Å². The van der Waals surface area contributed by atoms with Gasteiger partial charge >= 0.3 is 0 Å². The zero-order valence-corrected chi connectivity index (χ0v) is 11.7. The molecule has 0 atom stereocenters. The summed E-state index contributed by atoms with van der Waals surface area (Å²) < 4.78 is 0.642. The fraction of sp³-hybridized carbons (Fsp3) is 0.923. The largest absolute Gasteiger partial charge is 0.356 e. The normalized spacial score (nSPS) is 11.5. The molecule has 0 rings (SSSR count). The van der Waals surface area contributed by atoms with Crippen LogP contribution in [0.4, 0.5) is 0 Å². The van der Waals surface area contributed by atoms with E-state index in [2.05, 4.69) is 12.2 Å². The van der Waals surface area contributed by atoms with E-state index in [0.29, 0.717) is 10.9 Å². The van der Waals surface area contributed by atoms with Gasteiger partial charge in [-0.15, -0.1) is 0 Å². The highest BCUT2D eigenvalue weighted by Crippen LogP contribution is 2.04. The smallest absolute Gasteiger partial charge is 0.219 e. The van der Waals surface area contributed by atoms with Gasteiger partial charge in [0.05, 0.1) is 20.6 Å². The first-order valence-corrected chi connectivity index (χ1v) is 6.71. The third kappa shape index (κ3) is 10.3. The minimum Gasteiger partial charge on any atom is -0.356 e. The molecule has 0 heterocycles. The van der Waals surface area contributed by atoms with Gasteiger partial charge in [-0.3, -0.25) is 4.79 Å². The number of amides is 1. The van der Waals surface area contributed by atoms with Gasteiger partial charge in [-0.05, 0) is 25.7 Å². The van der Waals surface area contributed by atoms with Crippen LogP contribution in [0.5, 0.6) is 0 Å². The summed E-state index contributed by atoms with van der Waals surface area (Å²) in [4.78, 5) is 11.4. The Balaban J connectivity index is 3.36. The van der Waals surface area contributed by atoms with Crippen LogP contribution in [0.3, 0.4) is 0 Å². The predicted molar refractivity (Wildman–Crippen MR) is 70.4 cm³/mol. The Hall–Kier alpha value is -0.610. The second-order valence-corrected chi connectivity index (χ2v) is 5.31. The number of nitrogens with one attached hydrogen (secondary N) is 1. The van der Waals surface area contributed by atoms with Crippen molar-refractivity contribution in [3.63, 3.8) is 0 Å². The van der Waals surface area contributed by atoms with E-state index in [1.165, 1.54) is 0 Å². The maximum Gasteiger partial charge on any atom is 0.219 e. The lowest BCUT2D eigenvalue weighted by atomic mass is 10.1. The van der Waals surface area contributed by atoms with Crippen molar-refractivity contribution in [1.29, 1.82) is 0 Å². The first kappa shape index (κ1) is 16.4. The molecule has 0 radical (unpaired) electrons. The molecular weight excluding hydrogens is 216 g/mol. The molecule has 0 aliphatic carbocycles. The Morgan fingerprint density at radius 1 is 1.18 bits per heavy atom. The Morgan fingerprint density at radius 2 is 1.88 bits per heavy atom. The minimum absolute atomic E-state index is 0.175. The van der Waals surface area contributed by atoms with Gasteiger partial charge < -0.3 is 14.9 Å². The lowest BCUT2D eigenvalue weighted by Crippen LogP contribution is -2.41. The zero-order valence-electron chi connectivity index (χ0n) is 11.7. The average Bonchev–Trinajstić information content (AvgIpc) is 2.29. The van der Waals surface area contributed by atoms with Crippen LogP contribution >= 0.6 is 0 Å². The van der Waals surface area contributed by atoms with Crippen molar-refractivity contribution >= 4 is 5.91 Å². The number of aliphatic hydroxyl groups is 1. The van der Waals surface area contributed by atoms with Crippen molar-refractivity contribution < 1.29 is 14.4 Å². The van der Waals surface area contributed by atoms with E-state index in [9.17, 15) is 4.79 Å². The maximum atomic E-state index is 11.4. The van der Waals surface area contributed by atoms with Crippen molar-refractivity contribution in [3.8, 4) is 0 Å². The van der Waals surface area contributed by atoms with Gasteiger partial charge in [0.15, 0.2) is 6.73 Å². The minimum atomic E-state index is 0.175. The van der Waals surface area contributed by atoms with Crippen molar-refractivity contribution in [2.75, 3.05) is 33.9 Å². The number of hydrogen-bond donors (Lipinski definition) is 2.